The van der Waals surface area contributed by atoms with E-state index in [1.807, 2.05) is 26.1 Å². The number of pyridine rings is 1. The molecule has 1 aromatic rings. The lowest BCUT2D eigenvalue weighted by Crippen LogP contribution is -2.42. The monoisotopic (exact) mass is 318 g/mol. The molecule has 2 atom stereocenters. The van der Waals surface area contributed by atoms with E-state index in [1.165, 1.54) is 6.92 Å². The maximum Gasteiger partial charge on any atom is 0.221 e. The van der Waals surface area contributed by atoms with Gasteiger partial charge in [-0.2, -0.15) is 0 Å². The Hall–Kier alpha value is -1.95. The molecular formula is C17H26N4O2. The molecule has 1 aliphatic rings. The van der Waals surface area contributed by atoms with Gasteiger partial charge in [0.15, 0.2) is 0 Å². The molecule has 126 valence electrons. The summed E-state index contributed by atoms with van der Waals surface area (Å²) in [6, 6.07) is 4.47. The maximum absolute atomic E-state index is 12.1. The number of aromatic nitrogens is 1. The topological polar surface area (TPSA) is 74.3 Å². The van der Waals surface area contributed by atoms with Crippen molar-refractivity contribution in [3.8, 4) is 0 Å². The zero-order chi connectivity index (χ0) is 16.8. The lowest BCUT2D eigenvalue weighted by Gasteiger charge is -2.25. The van der Waals surface area contributed by atoms with Crippen LogP contribution in [0.3, 0.4) is 0 Å². The van der Waals surface area contributed by atoms with Gasteiger partial charge >= 0.3 is 0 Å². The van der Waals surface area contributed by atoms with Crippen molar-refractivity contribution in [2.24, 2.45) is 0 Å². The van der Waals surface area contributed by atoms with E-state index in [-0.39, 0.29) is 17.9 Å². The fourth-order valence-corrected chi connectivity index (χ4v) is 3.01. The van der Waals surface area contributed by atoms with E-state index in [4.69, 9.17) is 0 Å². The highest BCUT2D eigenvalue weighted by atomic mass is 16.2. The van der Waals surface area contributed by atoms with Gasteiger partial charge in [0.2, 0.25) is 11.8 Å². The Morgan fingerprint density at radius 1 is 1.30 bits per heavy atom. The summed E-state index contributed by atoms with van der Waals surface area (Å²) in [6.45, 7) is 4.65. The van der Waals surface area contributed by atoms with Crippen LogP contribution in [0.25, 0.3) is 0 Å². The van der Waals surface area contributed by atoms with Crippen molar-refractivity contribution in [2.45, 2.75) is 51.7 Å². The summed E-state index contributed by atoms with van der Waals surface area (Å²) >= 11 is 0. The van der Waals surface area contributed by atoms with Gasteiger partial charge in [-0.05, 0) is 44.5 Å². The molecule has 2 rings (SSSR count). The van der Waals surface area contributed by atoms with Crippen LogP contribution in [-0.2, 0) is 16.1 Å². The highest BCUT2D eigenvalue weighted by Crippen LogP contribution is 2.24. The number of carbonyl (C=O) groups is 2. The SMILES string of the molecule is CC(=O)NC[C@H]1CC[C@@H](CC(=O)NCc2cc(C)ccn2)N1C. The second-order valence-corrected chi connectivity index (χ2v) is 6.29. The largest absolute Gasteiger partial charge is 0.355 e. The third kappa shape index (κ3) is 5.32. The predicted molar refractivity (Wildman–Crippen MR) is 88.7 cm³/mol. The quantitative estimate of drug-likeness (QED) is 0.820. The number of nitrogens with zero attached hydrogens (tertiary/aromatic N) is 2. The van der Waals surface area contributed by atoms with Gasteiger partial charge in [-0.25, -0.2) is 0 Å². The van der Waals surface area contributed by atoms with Gasteiger partial charge in [0.25, 0.3) is 0 Å². The molecule has 2 heterocycles. The molecule has 0 radical (unpaired) electrons. The van der Waals surface area contributed by atoms with Gasteiger partial charge in [0.05, 0.1) is 12.2 Å². The summed E-state index contributed by atoms with van der Waals surface area (Å²) in [4.78, 5) is 29.6. The van der Waals surface area contributed by atoms with E-state index in [1.54, 1.807) is 6.20 Å². The molecule has 2 N–H and O–H groups in total. The Morgan fingerprint density at radius 3 is 2.74 bits per heavy atom. The fraction of sp³-hybridized carbons (Fsp3) is 0.588. The van der Waals surface area contributed by atoms with E-state index in [0.29, 0.717) is 25.6 Å². The summed E-state index contributed by atoms with van der Waals surface area (Å²) in [5, 5.41) is 5.80. The normalized spacial score (nSPS) is 21.2. The van der Waals surface area contributed by atoms with Crippen molar-refractivity contribution in [3.63, 3.8) is 0 Å². The van der Waals surface area contributed by atoms with Crippen molar-refractivity contribution in [3.05, 3.63) is 29.6 Å². The average molecular weight is 318 g/mol. The van der Waals surface area contributed by atoms with Crippen molar-refractivity contribution in [1.29, 1.82) is 0 Å². The summed E-state index contributed by atoms with van der Waals surface area (Å²) in [6.07, 6.45) is 4.23. The Balaban J connectivity index is 1.76. The lowest BCUT2D eigenvalue weighted by atomic mass is 10.1. The molecule has 0 bridgehead atoms. The standard InChI is InChI=1S/C17H26N4O2/c1-12-6-7-18-14(8-12)10-20-17(23)9-15-4-5-16(21(15)3)11-19-13(2)22/h6-8,15-16H,4-5,9-11H2,1-3H3,(H,19,22)(H,20,23)/t15-,16+/m0/s1. The second-order valence-electron chi connectivity index (χ2n) is 6.29. The molecule has 1 aromatic heterocycles. The molecule has 0 unspecified atom stereocenters. The fourth-order valence-electron chi connectivity index (χ4n) is 3.01. The Bertz CT molecular complexity index is 561. The molecule has 23 heavy (non-hydrogen) atoms. The van der Waals surface area contributed by atoms with E-state index >= 15 is 0 Å². The van der Waals surface area contributed by atoms with Gasteiger partial charge in [0, 0.05) is 38.2 Å². The zero-order valence-corrected chi connectivity index (χ0v) is 14.1. The number of amides is 2. The number of likely N-dealkylation sites (N-methyl/N-ethyl adjacent to an activating group) is 1. The minimum Gasteiger partial charge on any atom is -0.355 e. The van der Waals surface area contributed by atoms with Crippen LogP contribution in [0.2, 0.25) is 0 Å². The number of hydrogen-bond donors (Lipinski definition) is 2. The summed E-state index contributed by atoms with van der Waals surface area (Å²) in [5.41, 5.74) is 2.02. The number of likely N-dealkylation sites (tertiary alicyclic amines) is 1. The Labute approximate surface area is 137 Å². The van der Waals surface area contributed by atoms with Crippen molar-refractivity contribution >= 4 is 11.8 Å². The first-order chi connectivity index (χ1) is 11.0. The van der Waals surface area contributed by atoms with Gasteiger partial charge < -0.3 is 10.6 Å². The Morgan fingerprint density at radius 2 is 2.04 bits per heavy atom. The van der Waals surface area contributed by atoms with Crippen molar-refractivity contribution < 1.29 is 9.59 Å². The minimum absolute atomic E-state index is 0.00903. The highest BCUT2D eigenvalue weighted by Gasteiger charge is 2.31. The molecule has 1 saturated heterocycles. The van der Waals surface area contributed by atoms with Crippen LogP contribution >= 0.6 is 0 Å². The van der Waals surface area contributed by atoms with E-state index in [2.05, 4.69) is 20.5 Å². The first-order valence-electron chi connectivity index (χ1n) is 8.10. The number of aryl methyl sites for hydroxylation is 1. The molecule has 0 saturated carbocycles. The predicted octanol–water partition coefficient (Wildman–Crippen LogP) is 0.995. The third-order valence-electron chi connectivity index (χ3n) is 4.43. The van der Waals surface area contributed by atoms with Crippen LogP contribution in [0, 0.1) is 6.92 Å². The van der Waals surface area contributed by atoms with Crippen LogP contribution in [0.15, 0.2) is 18.3 Å². The molecule has 2 amide bonds. The first kappa shape index (κ1) is 17.4. The lowest BCUT2D eigenvalue weighted by molar-refractivity contribution is -0.122. The zero-order valence-electron chi connectivity index (χ0n) is 14.1. The molecule has 1 aliphatic heterocycles. The van der Waals surface area contributed by atoms with Gasteiger partial charge in [-0.1, -0.05) is 0 Å². The first-order valence-corrected chi connectivity index (χ1v) is 8.10. The number of nitrogens with one attached hydrogen (secondary N) is 2. The van der Waals surface area contributed by atoms with Crippen LogP contribution in [0.5, 0.6) is 0 Å². The van der Waals surface area contributed by atoms with Crippen LogP contribution in [0.4, 0.5) is 0 Å². The highest BCUT2D eigenvalue weighted by molar-refractivity contribution is 5.76. The summed E-state index contributed by atoms with van der Waals surface area (Å²) < 4.78 is 0. The molecule has 6 nitrogen and oxygen atoms in total. The maximum atomic E-state index is 12.1. The number of carbonyl (C=O) groups excluding carboxylic acids is 2. The average Bonchev–Trinajstić information content (AvgIpc) is 2.84. The number of rotatable bonds is 6. The minimum atomic E-state index is -0.00903. The summed E-state index contributed by atoms with van der Waals surface area (Å²) in [5.74, 6) is 0.0376. The van der Waals surface area contributed by atoms with E-state index < -0.39 is 0 Å². The molecule has 0 spiro atoms. The molecular weight excluding hydrogens is 292 g/mol. The van der Waals surface area contributed by atoms with Gasteiger partial charge in [-0.15, -0.1) is 0 Å². The van der Waals surface area contributed by atoms with Crippen LogP contribution < -0.4 is 10.6 Å². The van der Waals surface area contributed by atoms with Crippen LogP contribution in [0.1, 0.15) is 37.4 Å². The molecule has 6 heteroatoms. The third-order valence-corrected chi connectivity index (χ3v) is 4.43. The molecule has 1 fully saturated rings. The number of hydrogen-bond acceptors (Lipinski definition) is 4. The molecule has 0 aromatic carbocycles. The van der Waals surface area contributed by atoms with Crippen molar-refractivity contribution in [1.82, 2.24) is 20.5 Å². The second kappa shape index (κ2) is 8.06. The smallest absolute Gasteiger partial charge is 0.221 e. The molecule has 0 aliphatic carbocycles. The van der Waals surface area contributed by atoms with Crippen LogP contribution in [-0.4, -0.2) is 47.4 Å². The summed E-state index contributed by atoms with van der Waals surface area (Å²) in [7, 11) is 2.03. The Kier molecular flexibility index (Phi) is 6.10. The van der Waals surface area contributed by atoms with E-state index in [0.717, 1.165) is 24.1 Å². The van der Waals surface area contributed by atoms with Gasteiger partial charge in [0.1, 0.15) is 0 Å². The van der Waals surface area contributed by atoms with Gasteiger partial charge in [-0.3, -0.25) is 19.5 Å². The van der Waals surface area contributed by atoms with E-state index in [9.17, 15) is 9.59 Å². The van der Waals surface area contributed by atoms with Crippen molar-refractivity contribution in [2.75, 3.05) is 13.6 Å².